The highest BCUT2D eigenvalue weighted by Gasteiger charge is 2.24. The Balaban J connectivity index is 1.96. The molecule has 1 atom stereocenters. The van der Waals surface area contributed by atoms with Crippen LogP contribution in [0.1, 0.15) is 41.9 Å². The van der Waals surface area contributed by atoms with E-state index in [2.05, 4.69) is 5.32 Å². The van der Waals surface area contributed by atoms with Crippen molar-refractivity contribution in [3.63, 3.8) is 0 Å². The highest BCUT2D eigenvalue weighted by atomic mass is 35.5. The van der Waals surface area contributed by atoms with Crippen LogP contribution < -0.4 is 10.1 Å². The molecule has 1 heterocycles. The summed E-state index contributed by atoms with van der Waals surface area (Å²) in [7, 11) is 1.55. The molecule has 33 heavy (non-hydrogen) atoms. The molecular weight excluding hydrogens is 444 g/mol. The highest BCUT2D eigenvalue weighted by Crippen LogP contribution is 2.31. The number of nitrogens with zero attached hydrogens (tertiary/aromatic N) is 1. The Morgan fingerprint density at radius 2 is 1.82 bits per heavy atom. The number of nitrogens with one attached hydrogen (secondary N) is 1. The quantitative estimate of drug-likeness (QED) is 0.496. The molecule has 2 aromatic carbocycles. The van der Waals surface area contributed by atoms with Gasteiger partial charge >= 0.3 is 5.97 Å². The first-order chi connectivity index (χ1) is 15.8. The van der Waals surface area contributed by atoms with Gasteiger partial charge in [-0.2, -0.15) is 0 Å². The molecule has 0 unspecified atom stereocenters. The first kappa shape index (κ1) is 24.3. The number of rotatable bonds is 8. The van der Waals surface area contributed by atoms with E-state index in [1.807, 2.05) is 6.92 Å². The molecule has 0 aliphatic carbocycles. The number of hydrogen-bond donors (Lipinski definition) is 1. The van der Waals surface area contributed by atoms with Crippen molar-refractivity contribution >= 4 is 40.3 Å². The fraction of sp³-hybridized carbons (Fsp3) is 0.320. The summed E-state index contributed by atoms with van der Waals surface area (Å²) in [5.41, 5.74) is 2.35. The third kappa shape index (κ3) is 5.37. The van der Waals surface area contributed by atoms with Crippen LogP contribution in [0.15, 0.2) is 42.5 Å². The maximum Gasteiger partial charge on any atom is 0.311 e. The van der Waals surface area contributed by atoms with Gasteiger partial charge in [-0.1, -0.05) is 18.5 Å². The van der Waals surface area contributed by atoms with Gasteiger partial charge in [-0.05, 0) is 68.3 Å². The topological polar surface area (TPSA) is 86.6 Å². The van der Waals surface area contributed by atoms with Crippen LogP contribution in [0.25, 0.3) is 10.9 Å². The van der Waals surface area contributed by atoms with Crippen molar-refractivity contribution in [2.75, 3.05) is 13.7 Å². The fourth-order valence-corrected chi connectivity index (χ4v) is 3.75. The Kier molecular flexibility index (Phi) is 7.76. The Labute approximate surface area is 197 Å². The van der Waals surface area contributed by atoms with Crippen LogP contribution in [-0.4, -0.2) is 42.1 Å². The maximum atomic E-state index is 13.3. The monoisotopic (exact) mass is 470 g/mol. The number of aromatic nitrogens is 1. The first-order valence-corrected chi connectivity index (χ1v) is 11.1. The molecule has 0 fully saturated rings. The fourth-order valence-electron chi connectivity index (χ4n) is 3.62. The summed E-state index contributed by atoms with van der Waals surface area (Å²) in [5.74, 6) is -0.547. The SMILES string of the molecule is CCCNC(=O)[C@@H](C)OC(=O)Cc1c(C)n(C(=O)c2ccc(Cl)cc2)c2ccc(OC)cc12. The molecule has 0 radical (unpaired) electrons. The van der Waals surface area contributed by atoms with Crippen LogP contribution >= 0.6 is 11.6 Å². The van der Waals surface area contributed by atoms with Crippen LogP contribution in [0, 0.1) is 6.92 Å². The van der Waals surface area contributed by atoms with Gasteiger partial charge in [0.2, 0.25) is 0 Å². The van der Waals surface area contributed by atoms with E-state index in [1.165, 1.54) is 6.92 Å². The predicted molar refractivity (Wildman–Crippen MR) is 127 cm³/mol. The van der Waals surface area contributed by atoms with Gasteiger partial charge in [-0.15, -0.1) is 0 Å². The second kappa shape index (κ2) is 10.5. The predicted octanol–water partition coefficient (Wildman–Crippen LogP) is 4.30. The highest BCUT2D eigenvalue weighted by molar-refractivity contribution is 6.30. The van der Waals surface area contributed by atoms with E-state index in [0.29, 0.717) is 45.0 Å². The number of carbonyl (C=O) groups excluding carboxylic acids is 3. The third-order valence-corrected chi connectivity index (χ3v) is 5.64. The lowest BCUT2D eigenvalue weighted by molar-refractivity contribution is -0.154. The van der Waals surface area contributed by atoms with Crippen molar-refractivity contribution in [1.82, 2.24) is 9.88 Å². The van der Waals surface area contributed by atoms with Crippen molar-refractivity contribution in [3.05, 3.63) is 64.3 Å². The molecule has 8 heteroatoms. The zero-order valence-electron chi connectivity index (χ0n) is 19.1. The van der Waals surface area contributed by atoms with Crippen LogP contribution in [0.4, 0.5) is 0 Å². The lowest BCUT2D eigenvalue weighted by atomic mass is 10.1. The maximum absolute atomic E-state index is 13.3. The second-order valence-electron chi connectivity index (χ2n) is 7.69. The Morgan fingerprint density at radius 3 is 2.45 bits per heavy atom. The average molecular weight is 471 g/mol. The lowest BCUT2D eigenvalue weighted by Crippen LogP contribution is -2.36. The summed E-state index contributed by atoms with van der Waals surface area (Å²) < 4.78 is 12.3. The molecule has 0 aliphatic heterocycles. The normalized spacial score (nSPS) is 11.8. The van der Waals surface area contributed by atoms with E-state index >= 15 is 0 Å². The smallest absolute Gasteiger partial charge is 0.311 e. The van der Waals surface area contributed by atoms with E-state index in [4.69, 9.17) is 21.1 Å². The van der Waals surface area contributed by atoms with E-state index in [9.17, 15) is 14.4 Å². The van der Waals surface area contributed by atoms with Crippen molar-refractivity contribution in [1.29, 1.82) is 0 Å². The number of hydrogen-bond acceptors (Lipinski definition) is 5. The molecular formula is C25H27ClN2O5. The van der Waals surface area contributed by atoms with Gasteiger partial charge in [0.25, 0.3) is 11.8 Å². The van der Waals surface area contributed by atoms with Crippen LogP contribution in [0.2, 0.25) is 5.02 Å². The zero-order valence-corrected chi connectivity index (χ0v) is 19.9. The third-order valence-electron chi connectivity index (χ3n) is 5.38. The molecule has 3 rings (SSSR count). The second-order valence-corrected chi connectivity index (χ2v) is 8.13. The molecule has 1 N–H and O–H groups in total. The number of halogens is 1. The molecule has 1 aromatic heterocycles. The summed E-state index contributed by atoms with van der Waals surface area (Å²) in [4.78, 5) is 38.1. The average Bonchev–Trinajstić information content (AvgIpc) is 3.07. The van der Waals surface area contributed by atoms with Crippen molar-refractivity contribution < 1.29 is 23.9 Å². The van der Waals surface area contributed by atoms with Gasteiger partial charge in [0.15, 0.2) is 6.10 Å². The van der Waals surface area contributed by atoms with E-state index in [-0.39, 0.29) is 18.2 Å². The van der Waals surface area contributed by atoms with Crippen LogP contribution in [0.5, 0.6) is 5.75 Å². The van der Waals surface area contributed by atoms with Crippen LogP contribution in [0.3, 0.4) is 0 Å². The van der Waals surface area contributed by atoms with Crippen LogP contribution in [-0.2, 0) is 20.7 Å². The molecule has 0 spiro atoms. The summed E-state index contributed by atoms with van der Waals surface area (Å²) in [6.07, 6.45) is -0.223. The molecule has 1 amide bonds. The van der Waals surface area contributed by atoms with E-state index in [0.717, 1.165) is 6.42 Å². The number of benzene rings is 2. The molecule has 3 aromatic rings. The van der Waals surface area contributed by atoms with Crippen molar-refractivity contribution in [2.24, 2.45) is 0 Å². The number of ether oxygens (including phenoxy) is 2. The minimum absolute atomic E-state index is 0.0954. The molecule has 0 saturated carbocycles. The molecule has 0 saturated heterocycles. The zero-order chi connectivity index (χ0) is 24.1. The Bertz CT molecular complexity index is 1180. The minimum Gasteiger partial charge on any atom is -0.497 e. The van der Waals surface area contributed by atoms with Gasteiger partial charge in [0.05, 0.1) is 19.0 Å². The van der Waals surface area contributed by atoms with Gasteiger partial charge < -0.3 is 14.8 Å². The molecule has 7 nitrogen and oxygen atoms in total. The molecule has 174 valence electrons. The standard InChI is InChI=1S/C25H27ClN2O5/c1-5-12-27-24(30)16(3)33-23(29)14-20-15(2)28(22-11-10-19(32-4)13-21(20)22)25(31)17-6-8-18(26)9-7-17/h6-11,13,16H,5,12,14H2,1-4H3,(H,27,30)/t16-/m1/s1. The van der Waals surface area contributed by atoms with Gasteiger partial charge in [-0.3, -0.25) is 19.0 Å². The van der Waals surface area contributed by atoms with Crippen molar-refractivity contribution in [2.45, 2.75) is 39.7 Å². The number of esters is 1. The van der Waals surface area contributed by atoms with Gasteiger partial charge in [0, 0.05) is 28.2 Å². The number of fused-ring (bicyclic) bond motifs is 1. The van der Waals surface area contributed by atoms with E-state index < -0.39 is 12.1 Å². The lowest BCUT2D eigenvalue weighted by Gasteiger charge is -2.13. The number of amides is 1. The summed E-state index contributed by atoms with van der Waals surface area (Å²) in [6.45, 7) is 5.77. The first-order valence-electron chi connectivity index (χ1n) is 10.7. The minimum atomic E-state index is -0.914. The van der Waals surface area contributed by atoms with Gasteiger partial charge in [0.1, 0.15) is 5.75 Å². The number of methoxy groups -OCH3 is 1. The number of carbonyl (C=O) groups is 3. The summed E-state index contributed by atoms with van der Waals surface area (Å²) >= 11 is 5.96. The largest absolute Gasteiger partial charge is 0.497 e. The van der Waals surface area contributed by atoms with E-state index in [1.54, 1.807) is 61.1 Å². The van der Waals surface area contributed by atoms with Crippen molar-refractivity contribution in [3.8, 4) is 5.75 Å². The summed E-state index contributed by atoms with van der Waals surface area (Å²) in [6, 6.07) is 12.0. The van der Waals surface area contributed by atoms with Gasteiger partial charge in [-0.25, -0.2) is 0 Å². The summed E-state index contributed by atoms with van der Waals surface area (Å²) in [5, 5.41) is 3.94. The molecule has 0 bridgehead atoms. The molecule has 0 aliphatic rings. The Morgan fingerprint density at radius 1 is 1.12 bits per heavy atom. The Hall–Kier alpha value is -3.32.